The van der Waals surface area contributed by atoms with Crippen LogP contribution in [0, 0.1) is 6.92 Å². The van der Waals surface area contributed by atoms with Gasteiger partial charge in [0.1, 0.15) is 22.9 Å². The zero-order chi connectivity index (χ0) is 25.7. The number of nitrogens with one attached hydrogen (secondary N) is 1. The molecule has 2 heterocycles. The lowest BCUT2D eigenvalue weighted by atomic mass is 10.0. The van der Waals surface area contributed by atoms with Gasteiger partial charge in [-0.2, -0.15) is 0 Å². The van der Waals surface area contributed by atoms with Gasteiger partial charge in [-0.3, -0.25) is 4.79 Å². The predicted octanol–water partition coefficient (Wildman–Crippen LogP) is 5.60. The molecule has 2 aromatic heterocycles. The van der Waals surface area contributed by atoms with E-state index < -0.39 is 5.97 Å². The lowest BCUT2D eigenvalue weighted by molar-refractivity contribution is -0.113. The highest BCUT2D eigenvalue weighted by atomic mass is 35.5. The molecule has 0 spiro atoms. The number of carbonyl (C=O) groups excluding carboxylic acids is 2. The number of ether oxygens (including phenoxy) is 2. The summed E-state index contributed by atoms with van der Waals surface area (Å²) in [5.74, 6) is 0.584. The average molecular weight is 543 g/mol. The fourth-order valence-electron chi connectivity index (χ4n) is 3.27. The molecule has 0 saturated carbocycles. The van der Waals surface area contributed by atoms with Gasteiger partial charge in [0.15, 0.2) is 11.0 Å². The molecule has 0 saturated heterocycles. The Labute approximate surface area is 221 Å². The fourth-order valence-corrected chi connectivity index (χ4v) is 5.10. The molecule has 0 bridgehead atoms. The van der Waals surface area contributed by atoms with Gasteiger partial charge in [-0.1, -0.05) is 53.2 Å². The first-order chi connectivity index (χ1) is 17.4. The Bertz CT molecular complexity index is 1370. The van der Waals surface area contributed by atoms with Crippen LogP contribution in [0.4, 0.5) is 5.00 Å². The molecule has 2 aromatic carbocycles. The number of anilines is 1. The lowest BCUT2D eigenvalue weighted by Crippen LogP contribution is -2.16. The van der Waals surface area contributed by atoms with Crippen LogP contribution in [0.3, 0.4) is 0 Å². The minimum absolute atomic E-state index is 0.0857. The van der Waals surface area contributed by atoms with Crippen LogP contribution in [0.5, 0.6) is 5.75 Å². The molecule has 186 valence electrons. The molecule has 4 rings (SSSR count). The number of hydrogen-bond donors (Lipinski definition) is 1. The van der Waals surface area contributed by atoms with Crippen LogP contribution in [-0.4, -0.2) is 39.5 Å². The summed E-state index contributed by atoms with van der Waals surface area (Å²) >= 11 is 8.41. The number of carbonyl (C=O) groups is 2. The number of nitrogens with zero attached hydrogens (tertiary/aromatic N) is 3. The third-order valence-electron chi connectivity index (χ3n) is 5.24. The molecular weight excluding hydrogens is 520 g/mol. The highest BCUT2D eigenvalue weighted by Gasteiger charge is 2.22. The zero-order valence-electron chi connectivity index (χ0n) is 19.8. The number of thiophene rings is 1. The van der Waals surface area contributed by atoms with Gasteiger partial charge in [-0.15, -0.1) is 21.5 Å². The summed E-state index contributed by atoms with van der Waals surface area (Å²) in [7, 11) is 3.13. The van der Waals surface area contributed by atoms with E-state index in [2.05, 4.69) is 15.5 Å². The van der Waals surface area contributed by atoms with E-state index in [1.807, 2.05) is 43.6 Å². The Hall–Kier alpha value is -3.34. The number of amides is 1. The summed E-state index contributed by atoms with van der Waals surface area (Å²) in [6.45, 7) is 2.21. The average Bonchev–Trinajstić information content (AvgIpc) is 3.45. The van der Waals surface area contributed by atoms with Crippen molar-refractivity contribution in [2.75, 3.05) is 18.2 Å². The quantitative estimate of drug-likeness (QED) is 0.217. The largest absolute Gasteiger partial charge is 0.486 e. The maximum Gasteiger partial charge on any atom is 0.341 e. The van der Waals surface area contributed by atoms with E-state index in [0.717, 1.165) is 11.1 Å². The van der Waals surface area contributed by atoms with E-state index in [4.69, 9.17) is 21.1 Å². The number of rotatable bonds is 9. The van der Waals surface area contributed by atoms with E-state index in [1.54, 1.807) is 28.8 Å². The van der Waals surface area contributed by atoms with Crippen LogP contribution in [0.25, 0.3) is 11.1 Å². The molecule has 0 aliphatic carbocycles. The number of thioether (sulfide) groups is 1. The van der Waals surface area contributed by atoms with Crippen molar-refractivity contribution in [3.63, 3.8) is 0 Å². The first kappa shape index (κ1) is 25.7. The Morgan fingerprint density at radius 3 is 2.53 bits per heavy atom. The van der Waals surface area contributed by atoms with Gasteiger partial charge >= 0.3 is 5.97 Å². The van der Waals surface area contributed by atoms with Crippen LogP contribution in [0.1, 0.15) is 21.7 Å². The van der Waals surface area contributed by atoms with Crippen molar-refractivity contribution in [2.24, 2.45) is 7.05 Å². The summed E-state index contributed by atoms with van der Waals surface area (Å²) < 4.78 is 12.5. The highest BCUT2D eigenvalue weighted by Crippen LogP contribution is 2.36. The molecule has 11 heteroatoms. The summed E-state index contributed by atoms with van der Waals surface area (Å²) in [6, 6.07) is 14.9. The van der Waals surface area contributed by atoms with Crippen molar-refractivity contribution in [1.29, 1.82) is 0 Å². The highest BCUT2D eigenvalue weighted by molar-refractivity contribution is 7.99. The van der Waals surface area contributed by atoms with Crippen molar-refractivity contribution in [1.82, 2.24) is 14.8 Å². The van der Waals surface area contributed by atoms with E-state index in [0.29, 0.717) is 37.9 Å². The Kier molecular flexibility index (Phi) is 8.29. The third kappa shape index (κ3) is 6.07. The Balaban J connectivity index is 1.39. The van der Waals surface area contributed by atoms with Gasteiger partial charge in [0, 0.05) is 23.0 Å². The van der Waals surface area contributed by atoms with Crippen LogP contribution >= 0.6 is 34.7 Å². The van der Waals surface area contributed by atoms with E-state index in [-0.39, 0.29) is 18.3 Å². The Morgan fingerprint density at radius 1 is 1.11 bits per heavy atom. The van der Waals surface area contributed by atoms with Gasteiger partial charge in [0.25, 0.3) is 0 Å². The summed E-state index contributed by atoms with van der Waals surface area (Å²) in [5.41, 5.74) is 3.04. The SMILES string of the molecule is COC(=O)c1c(-c2ccc(C)cc2)csc1NC(=O)CSc1nnc(COc2ccc(Cl)cc2)n1C. The molecule has 36 heavy (non-hydrogen) atoms. The van der Waals surface area contributed by atoms with Gasteiger partial charge in [-0.25, -0.2) is 4.79 Å². The second-order valence-corrected chi connectivity index (χ2v) is 10.0. The number of esters is 1. The van der Waals surface area contributed by atoms with E-state index in [9.17, 15) is 9.59 Å². The molecular formula is C25H23ClN4O4S2. The lowest BCUT2D eigenvalue weighted by Gasteiger charge is -2.08. The van der Waals surface area contributed by atoms with Crippen LogP contribution in [0.2, 0.25) is 5.02 Å². The second-order valence-electron chi connectivity index (χ2n) is 7.75. The molecule has 0 aliphatic heterocycles. The number of hydrogen-bond acceptors (Lipinski definition) is 8. The maximum absolute atomic E-state index is 12.7. The topological polar surface area (TPSA) is 95.3 Å². The number of halogens is 1. The smallest absolute Gasteiger partial charge is 0.341 e. The van der Waals surface area contributed by atoms with Gasteiger partial charge in [0.05, 0.1) is 12.9 Å². The molecule has 0 unspecified atom stereocenters. The number of aryl methyl sites for hydroxylation is 1. The van der Waals surface area contributed by atoms with Crippen LogP contribution < -0.4 is 10.1 Å². The molecule has 0 aliphatic rings. The fraction of sp³-hybridized carbons (Fsp3) is 0.200. The minimum Gasteiger partial charge on any atom is -0.486 e. The van der Waals surface area contributed by atoms with Gasteiger partial charge < -0.3 is 19.4 Å². The molecule has 0 radical (unpaired) electrons. The van der Waals surface area contributed by atoms with E-state index >= 15 is 0 Å². The second kappa shape index (κ2) is 11.6. The molecule has 0 atom stereocenters. The molecule has 1 N–H and O–H groups in total. The number of benzene rings is 2. The van der Waals surface area contributed by atoms with Gasteiger partial charge in [-0.05, 0) is 36.8 Å². The van der Waals surface area contributed by atoms with Crippen molar-refractivity contribution in [3.8, 4) is 16.9 Å². The first-order valence-corrected chi connectivity index (χ1v) is 13.1. The monoisotopic (exact) mass is 542 g/mol. The van der Waals surface area contributed by atoms with Crippen molar-refractivity contribution < 1.29 is 19.1 Å². The Morgan fingerprint density at radius 2 is 1.83 bits per heavy atom. The number of aromatic nitrogens is 3. The summed E-state index contributed by atoms with van der Waals surface area (Å²) in [4.78, 5) is 25.3. The summed E-state index contributed by atoms with van der Waals surface area (Å²) in [5, 5.41) is 14.6. The van der Waals surface area contributed by atoms with Crippen LogP contribution in [-0.2, 0) is 23.2 Å². The van der Waals surface area contributed by atoms with Crippen molar-refractivity contribution in [2.45, 2.75) is 18.7 Å². The zero-order valence-corrected chi connectivity index (χ0v) is 22.2. The molecule has 1 amide bonds. The number of methoxy groups -OCH3 is 1. The molecule has 8 nitrogen and oxygen atoms in total. The van der Waals surface area contributed by atoms with Crippen molar-refractivity contribution >= 4 is 51.6 Å². The minimum atomic E-state index is -0.506. The molecule has 0 fully saturated rings. The first-order valence-electron chi connectivity index (χ1n) is 10.8. The predicted molar refractivity (Wildman–Crippen MR) is 142 cm³/mol. The standard InChI is InChI=1S/C25H23ClN4O4S2/c1-15-4-6-16(7-5-15)19-13-35-23(22(19)24(32)33-3)27-21(31)14-36-25-29-28-20(30(25)2)12-34-18-10-8-17(26)9-11-18/h4-11,13H,12,14H2,1-3H3,(H,27,31). The normalized spacial score (nSPS) is 10.8. The third-order valence-corrected chi connectivity index (χ3v) is 7.40. The maximum atomic E-state index is 12.7. The van der Waals surface area contributed by atoms with Gasteiger partial charge in [0.2, 0.25) is 5.91 Å². The van der Waals surface area contributed by atoms with Crippen molar-refractivity contribution in [3.05, 3.63) is 75.9 Å². The molecule has 4 aromatic rings. The van der Waals surface area contributed by atoms with Crippen LogP contribution in [0.15, 0.2) is 59.1 Å². The summed E-state index contributed by atoms with van der Waals surface area (Å²) in [6.07, 6.45) is 0. The van der Waals surface area contributed by atoms with E-state index in [1.165, 1.54) is 30.2 Å².